The van der Waals surface area contributed by atoms with Crippen LogP contribution in [0.3, 0.4) is 0 Å². The molecule has 3 rings (SSSR count). The number of hydrogen-bond donors (Lipinski definition) is 0. The standard InChI is InChI=1S/C14H21.C5H5.2ClH.Zr/c1-2-3-10-14(11-6-7-12-14)13-8-4-5-9-13;1-2-4-5-3-1;;;/h8-9H,2-4,6-7,10-12H2,1H3;1-3H,4H2;2*1H;/q2*-1;;;+2. The predicted octanol–water partition coefficient (Wildman–Crippen LogP) is 6.57. The predicted molar refractivity (Wildman–Crippen MR) is 97.0 cm³/mol. The summed E-state index contributed by atoms with van der Waals surface area (Å²) >= 11 is 0. The van der Waals surface area contributed by atoms with Crippen molar-refractivity contribution in [3.8, 4) is 0 Å². The van der Waals surface area contributed by atoms with E-state index in [4.69, 9.17) is 0 Å². The summed E-state index contributed by atoms with van der Waals surface area (Å²) in [6, 6.07) is 0. The van der Waals surface area contributed by atoms with Crippen molar-refractivity contribution in [3.05, 3.63) is 48.1 Å². The summed E-state index contributed by atoms with van der Waals surface area (Å²) in [5.74, 6) is 0. The van der Waals surface area contributed by atoms with E-state index >= 15 is 0 Å². The fraction of sp³-hybridized carbons (Fsp3) is 0.579. The van der Waals surface area contributed by atoms with Gasteiger partial charge in [-0.25, -0.2) is 18.2 Å². The van der Waals surface area contributed by atoms with Gasteiger partial charge in [-0.05, 0) is 0 Å². The Kier molecular flexibility index (Phi) is 15.5. The molecule has 0 amide bonds. The van der Waals surface area contributed by atoms with Gasteiger partial charge in [0.2, 0.25) is 0 Å². The molecule has 0 bridgehead atoms. The minimum absolute atomic E-state index is 0. The number of allylic oxidation sites excluding steroid dienone is 8. The fourth-order valence-electron chi connectivity index (χ4n) is 3.36. The molecule has 0 aromatic heterocycles. The van der Waals surface area contributed by atoms with E-state index in [0.717, 1.165) is 12.8 Å². The van der Waals surface area contributed by atoms with Crippen LogP contribution in [0.2, 0.25) is 0 Å². The summed E-state index contributed by atoms with van der Waals surface area (Å²) in [6.45, 7) is 2.30. The van der Waals surface area contributed by atoms with Crippen LogP contribution in [0.1, 0.15) is 64.7 Å². The Bertz CT molecular complexity index is 378. The third kappa shape index (κ3) is 7.33. The van der Waals surface area contributed by atoms with Gasteiger partial charge in [0.15, 0.2) is 0 Å². The molecule has 0 N–H and O–H groups in total. The molecule has 0 atom stereocenters. The number of halogens is 2. The molecule has 0 unspecified atom stereocenters. The van der Waals surface area contributed by atoms with Gasteiger partial charge in [-0.3, -0.25) is 12.2 Å². The molecule has 3 aliphatic carbocycles. The maximum Gasteiger partial charge on any atom is 2.00 e. The van der Waals surface area contributed by atoms with Gasteiger partial charge in [0.05, 0.1) is 0 Å². The summed E-state index contributed by atoms with van der Waals surface area (Å²) in [4.78, 5) is 0. The first-order valence-electron chi connectivity index (χ1n) is 7.86. The van der Waals surface area contributed by atoms with Crippen molar-refractivity contribution in [2.45, 2.75) is 64.7 Å². The minimum Gasteiger partial charge on any atom is -0.273 e. The molecule has 0 aliphatic heterocycles. The Morgan fingerprint density at radius 1 is 1.09 bits per heavy atom. The molecule has 1 saturated carbocycles. The quantitative estimate of drug-likeness (QED) is 0.453. The first-order valence-corrected chi connectivity index (χ1v) is 7.86. The maximum atomic E-state index is 3.33. The van der Waals surface area contributed by atoms with Gasteiger partial charge >= 0.3 is 26.2 Å². The average Bonchev–Trinajstić information content (AvgIpc) is 3.19. The van der Waals surface area contributed by atoms with Crippen LogP contribution in [-0.4, -0.2) is 0 Å². The Labute approximate surface area is 168 Å². The van der Waals surface area contributed by atoms with Gasteiger partial charge < -0.3 is 0 Å². The molecule has 0 aromatic rings. The molecule has 0 aromatic carbocycles. The normalized spacial score (nSPS) is 19.4. The number of unbranched alkanes of at least 4 members (excludes halogenated alkanes) is 1. The Balaban J connectivity index is 0. The molecule has 3 heteroatoms. The van der Waals surface area contributed by atoms with E-state index < -0.39 is 0 Å². The topological polar surface area (TPSA) is 0 Å². The molecule has 1 fully saturated rings. The second-order valence-corrected chi connectivity index (χ2v) is 5.81. The third-order valence-corrected chi connectivity index (χ3v) is 4.47. The van der Waals surface area contributed by atoms with Gasteiger partial charge in [-0.15, -0.1) is 37.7 Å². The van der Waals surface area contributed by atoms with Crippen molar-refractivity contribution in [1.82, 2.24) is 0 Å². The minimum atomic E-state index is 0. The Hall–Kier alpha value is 0.423. The zero-order valence-electron chi connectivity index (χ0n) is 13.6. The van der Waals surface area contributed by atoms with Crippen LogP contribution < -0.4 is 0 Å². The molecule has 0 radical (unpaired) electrons. The van der Waals surface area contributed by atoms with Crippen molar-refractivity contribution < 1.29 is 26.2 Å². The Morgan fingerprint density at radius 2 is 1.82 bits per heavy atom. The summed E-state index contributed by atoms with van der Waals surface area (Å²) in [6.07, 6.45) is 28.9. The van der Waals surface area contributed by atoms with Crippen LogP contribution in [0.25, 0.3) is 0 Å². The zero-order valence-corrected chi connectivity index (χ0v) is 17.7. The van der Waals surface area contributed by atoms with Crippen LogP contribution in [0, 0.1) is 17.6 Å². The van der Waals surface area contributed by atoms with Crippen molar-refractivity contribution in [3.63, 3.8) is 0 Å². The SMILES string of the molecule is CCCCC1(C2=CC[C-]=C2)CCCC1.Cl.Cl.[C-]1=CC=CC1.[Zr+2]. The zero-order chi connectivity index (χ0) is 13.4. The van der Waals surface area contributed by atoms with Crippen LogP contribution in [-0.2, 0) is 26.2 Å². The van der Waals surface area contributed by atoms with Gasteiger partial charge in [0.25, 0.3) is 0 Å². The second-order valence-electron chi connectivity index (χ2n) is 5.81. The molecule has 3 aliphatic rings. The van der Waals surface area contributed by atoms with Gasteiger partial charge in [0.1, 0.15) is 0 Å². The van der Waals surface area contributed by atoms with Crippen molar-refractivity contribution in [1.29, 1.82) is 0 Å². The fourth-order valence-corrected chi connectivity index (χ4v) is 3.36. The molecular formula is C19H28Cl2Zr. The molecule has 0 saturated heterocycles. The molecular weight excluding hydrogens is 390 g/mol. The monoisotopic (exact) mass is 416 g/mol. The van der Waals surface area contributed by atoms with E-state index in [0.29, 0.717) is 5.41 Å². The molecule has 0 spiro atoms. The van der Waals surface area contributed by atoms with Crippen molar-refractivity contribution in [2.75, 3.05) is 0 Å². The molecule has 0 heterocycles. The van der Waals surface area contributed by atoms with Crippen LogP contribution in [0.15, 0.2) is 36.0 Å². The van der Waals surface area contributed by atoms with E-state index in [-0.39, 0.29) is 51.0 Å². The summed E-state index contributed by atoms with van der Waals surface area (Å²) in [5, 5.41) is 0. The molecule has 0 nitrogen and oxygen atoms in total. The first-order chi connectivity index (χ1) is 9.37. The van der Waals surface area contributed by atoms with E-state index in [1.807, 2.05) is 12.2 Å². The first kappa shape index (κ1) is 24.7. The van der Waals surface area contributed by atoms with Crippen LogP contribution in [0.4, 0.5) is 0 Å². The largest absolute Gasteiger partial charge is 2.00 e. The number of rotatable bonds is 4. The summed E-state index contributed by atoms with van der Waals surface area (Å²) in [7, 11) is 0. The Morgan fingerprint density at radius 3 is 2.23 bits per heavy atom. The van der Waals surface area contributed by atoms with Gasteiger partial charge in [-0.2, -0.15) is 17.7 Å². The summed E-state index contributed by atoms with van der Waals surface area (Å²) < 4.78 is 0. The van der Waals surface area contributed by atoms with E-state index in [1.165, 1.54) is 44.9 Å². The third-order valence-electron chi connectivity index (χ3n) is 4.47. The molecule has 122 valence electrons. The van der Waals surface area contributed by atoms with Crippen LogP contribution in [0.5, 0.6) is 0 Å². The van der Waals surface area contributed by atoms with Crippen molar-refractivity contribution in [2.24, 2.45) is 5.41 Å². The number of hydrogen-bond acceptors (Lipinski definition) is 0. The van der Waals surface area contributed by atoms with Crippen molar-refractivity contribution >= 4 is 24.8 Å². The summed E-state index contributed by atoms with van der Waals surface area (Å²) in [5.41, 5.74) is 2.18. The van der Waals surface area contributed by atoms with Gasteiger partial charge in [-0.1, -0.05) is 57.3 Å². The molecule has 22 heavy (non-hydrogen) atoms. The second kappa shape index (κ2) is 13.8. The average molecular weight is 419 g/mol. The maximum absolute atomic E-state index is 3.33. The van der Waals surface area contributed by atoms with Gasteiger partial charge in [0, 0.05) is 0 Å². The van der Waals surface area contributed by atoms with E-state index in [9.17, 15) is 0 Å². The van der Waals surface area contributed by atoms with E-state index in [1.54, 1.807) is 5.57 Å². The smallest absolute Gasteiger partial charge is 0.273 e. The van der Waals surface area contributed by atoms with E-state index in [2.05, 4.69) is 37.3 Å². The van der Waals surface area contributed by atoms with Crippen LogP contribution >= 0.6 is 24.8 Å².